The molecule has 1 unspecified atom stereocenters. The zero-order chi connectivity index (χ0) is 11.7. The Morgan fingerprint density at radius 2 is 2.06 bits per heavy atom. The van der Waals surface area contributed by atoms with E-state index >= 15 is 0 Å². The van der Waals surface area contributed by atoms with Gasteiger partial charge in [0.1, 0.15) is 0 Å². The molecule has 0 amide bonds. The van der Waals surface area contributed by atoms with Crippen molar-refractivity contribution < 1.29 is 13.9 Å². The summed E-state index contributed by atoms with van der Waals surface area (Å²) in [5.74, 6) is 1.58. The highest BCUT2D eigenvalue weighted by molar-refractivity contribution is 5.56. The van der Waals surface area contributed by atoms with Crippen LogP contribution in [-0.2, 0) is 0 Å². The summed E-state index contributed by atoms with van der Waals surface area (Å²) in [4.78, 5) is 0. The Morgan fingerprint density at radius 1 is 1.18 bits per heavy atom. The van der Waals surface area contributed by atoms with E-state index in [1.54, 1.807) is 12.5 Å². The molecule has 0 fully saturated rings. The lowest BCUT2D eigenvalue weighted by Crippen LogP contribution is -2.05. The molecule has 0 saturated carbocycles. The van der Waals surface area contributed by atoms with Gasteiger partial charge in [0.2, 0.25) is 6.79 Å². The van der Waals surface area contributed by atoms with E-state index in [4.69, 9.17) is 13.9 Å². The van der Waals surface area contributed by atoms with Gasteiger partial charge >= 0.3 is 0 Å². The quantitative estimate of drug-likeness (QED) is 0.881. The highest BCUT2D eigenvalue weighted by Crippen LogP contribution is 2.35. The molecular formula is C13H13NO3. The van der Waals surface area contributed by atoms with Crippen LogP contribution >= 0.6 is 0 Å². The van der Waals surface area contributed by atoms with Gasteiger partial charge in [-0.2, -0.15) is 0 Å². The van der Waals surface area contributed by atoms with Gasteiger partial charge in [-0.1, -0.05) is 0 Å². The second kappa shape index (κ2) is 4.05. The van der Waals surface area contributed by atoms with Crippen LogP contribution in [0, 0.1) is 0 Å². The van der Waals surface area contributed by atoms with Crippen LogP contribution in [-0.4, -0.2) is 6.79 Å². The fourth-order valence-electron chi connectivity index (χ4n) is 1.84. The monoisotopic (exact) mass is 231 g/mol. The molecule has 0 radical (unpaired) electrons. The molecule has 2 aromatic rings. The molecule has 1 aromatic heterocycles. The standard InChI is InChI=1S/C13H13NO3/c1-9(10-4-5-15-7-10)14-11-2-3-12-13(6-11)17-8-16-12/h2-7,9,14H,8H2,1H3. The van der Waals surface area contributed by atoms with Gasteiger partial charge in [0.25, 0.3) is 0 Å². The number of hydrogen-bond donors (Lipinski definition) is 1. The van der Waals surface area contributed by atoms with Crippen LogP contribution < -0.4 is 14.8 Å². The van der Waals surface area contributed by atoms with Crippen LogP contribution in [0.25, 0.3) is 0 Å². The van der Waals surface area contributed by atoms with Crippen molar-refractivity contribution in [1.82, 2.24) is 0 Å². The lowest BCUT2D eigenvalue weighted by atomic mass is 10.1. The lowest BCUT2D eigenvalue weighted by Gasteiger charge is -2.13. The van der Waals surface area contributed by atoms with Crippen molar-refractivity contribution >= 4 is 5.69 Å². The molecule has 0 bridgehead atoms. The normalized spacial score (nSPS) is 14.6. The molecule has 1 N–H and O–H groups in total. The summed E-state index contributed by atoms with van der Waals surface area (Å²) in [7, 11) is 0. The Labute approximate surface area is 99.1 Å². The Morgan fingerprint density at radius 3 is 2.88 bits per heavy atom. The Balaban J connectivity index is 1.77. The van der Waals surface area contributed by atoms with E-state index in [1.165, 1.54) is 0 Å². The van der Waals surface area contributed by atoms with Crippen molar-refractivity contribution in [2.45, 2.75) is 13.0 Å². The fraction of sp³-hybridized carbons (Fsp3) is 0.231. The maximum atomic E-state index is 5.33. The molecular weight excluding hydrogens is 218 g/mol. The second-order valence-electron chi connectivity index (χ2n) is 3.99. The van der Waals surface area contributed by atoms with E-state index in [2.05, 4.69) is 12.2 Å². The molecule has 0 aliphatic carbocycles. The summed E-state index contributed by atoms with van der Waals surface area (Å²) >= 11 is 0. The number of nitrogens with one attached hydrogen (secondary N) is 1. The van der Waals surface area contributed by atoms with E-state index in [1.807, 2.05) is 24.3 Å². The molecule has 1 aliphatic heterocycles. The molecule has 4 heteroatoms. The zero-order valence-electron chi connectivity index (χ0n) is 9.47. The largest absolute Gasteiger partial charge is 0.472 e. The minimum atomic E-state index is 0.189. The third-order valence-corrected chi connectivity index (χ3v) is 2.80. The first-order chi connectivity index (χ1) is 8.33. The van der Waals surface area contributed by atoms with Gasteiger partial charge in [0.05, 0.1) is 18.6 Å². The Bertz CT molecular complexity index is 507. The van der Waals surface area contributed by atoms with E-state index in [0.29, 0.717) is 6.79 Å². The van der Waals surface area contributed by atoms with Crippen LogP contribution in [0.3, 0.4) is 0 Å². The summed E-state index contributed by atoms with van der Waals surface area (Å²) in [6, 6.07) is 7.97. The van der Waals surface area contributed by atoms with Crippen LogP contribution in [0.2, 0.25) is 0 Å². The van der Waals surface area contributed by atoms with E-state index in [-0.39, 0.29) is 6.04 Å². The van der Waals surface area contributed by atoms with Crippen LogP contribution in [0.15, 0.2) is 41.2 Å². The van der Waals surface area contributed by atoms with Gasteiger partial charge in [-0.05, 0) is 25.1 Å². The molecule has 1 aliphatic rings. The molecule has 3 rings (SSSR count). The third-order valence-electron chi connectivity index (χ3n) is 2.80. The first-order valence-corrected chi connectivity index (χ1v) is 5.51. The number of rotatable bonds is 3. The Hall–Kier alpha value is -2.10. The average molecular weight is 231 g/mol. The molecule has 2 heterocycles. The second-order valence-corrected chi connectivity index (χ2v) is 3.99. The molecule has 1 aromatic carbocycles. The van der Waals surface area contributed by atoms with Gasteiger partial charge in [-0.25, -0.2) is 0 Å². The fourth-order valence-corrected chi connectivity index (χ4v) is 1.84. The molecule has 0 saturated heterocycles. The van der Waals surface area contributed by atoms with Gasteiger partial charge in [0, 0.05) is 17.3 Å². The van der Waals surface area contributed by atoms with Gasteiger partial charge in [-0.3, -0.25) is 0 Å². The summed E-state index contributed by atoms with van der Waals surface area (Å²) in [6.45, 7) is 2.38. The summed E-state index contributed by atoms with van der Waals surface area (Å²) in [5, 5.41) is 3.38. The zero-order valence-corrected chi connectivity index (χ0v) is 9.47. The molecule has 0 spiro atoms. The molecule has 17 heavy (non-hydrogen) atoms. The van der Waals surface area contributed by atoms with Crippen molar-refractivity contribution in [2.24, 2.45) is 0 Å². The maximum Gasteiger partial charge on any atom is 0.231 e. The third kappa shape index (κ3) is 1.93. The van der Waals surface area contributed by atoms with Gasteiger partial charge < -0.3 is 19.2 Å². The van der Waals surface area contributed by atoms with Crippen LogP contribution in [0.4, 0.5) is 5.69 Å². The predicted octanol–water partition coefficient (Wildman–Crippen LogP) is 3.18. The van der Waals surface area contributed by atoms with Gasteiger partial charge in [-0.15, -0.1) is 0 Å². The summed E-state index contributed by atoms with van der Waals surface area (Å²) < 4.78 is 15.7. The first-order valence-electron chi connectivity index (χ1n) is 5.51. The highest BCUT2D eigenvalue weighted by atomic mass is 16.7. The van der Waals surface area contributed by atoms with E-state index < -0.39 is 0 Å². The van der Waals surface area contributed by atoms with Crippen molar-refractivity contribution in [3.8, 4) is 11.5 Å². The van der Waals surface area contributed by atoms with Crippen LogP contribution in [0.5, 0.6) is 11.5 Å². The number of anilines is 1. The van der Waals surface area contributed by atoms with Crippen molar-refractivity contribution in [3.63, 3.8) is 0 Å². The van der Waals surface area contributed by atoms with Crippen molar-refractivity contribution in [2.75, 3.05) is 12.1 Å². The SMILES string of the molecule is CC(Nc1ccc2c(c1)OCO2)c1ccoc1. The molecule has 1 atom stereocenters. The number of furan rings is 1. The summed E-state index contributed by atoms with van der Waals surface area (Å²) in [5.41, 5.74) is 2.12. The molecule has 88 valence electrons. The predicted molar refractivity (Wildman–Crippen MR) is 63.3 cm³/mol. The van der Waals surface area contributed by atoms with Crippen molar-refractivity contribution in [1.29, 1.82) is 0 Å². The number of hydrogen-bond acceptors (Lipinski definition) is 4. The van der Waals surface area contributed by atoms with Crippen molar-refractivity contribution in [3.05, 3.63) is 42.4 Å². The minimum absolute atomic E-state index is 0.189. The first kappa shape index (κ1) is 10.1. The number of fused-ring (bicyclic) bond motifs is 1. The maximum absolute atomic E-state index is 5.33. The topological polar surface area (TPSA) is 43.6 Å². The molecule has 4 nitrogen and oxygen atoms in total. The highest BCUT2D eigenvalue weighted by Gasteiger charge is 2.14. The van der Waals surface area contributed by atoms with E-state index in [0.717, 1.165) is 22.7 Å². The smallest absolute Gasteiger partial charge is 0.231 e. The number of ether oxygens (including phenoxy) is 2. The summed E-state index contributed by atoms with van der Waals surface area (Å²) in [6.07, 6.45) is 3.41. The Kier molecular flexibility index (Phi) is 2.40. The minimum Gasteiger partial charge on any atom is -0.472 e. The van der Waals surface area contributed by atoms with Gasteiger partial charge in [0.15, 0.2) is 11.5 Å². The van der Waals surface area contributed by atoms with Crippen LogP contribution in [0.1, 0.15) is 18.5 Å². The van der Waals surface area contributed by atoms with E-state index in [9.17, 15) is 0 Å². The number of benzene rings is 1. The average Bonchev–Trinajstić information content (AvgIpc) is 2.99. The lowest BCUT2D eigenvalue weighted by molar-refractivity contribution is 0.174.